The van der Waals surface area contributed by atoms with Gasteiger partial charge in [-0.2, -0.15) is 0 Å². The van der Waals surface area contributed by atoms with Crippen molar-refractivity contribution in [2.75, 3.05) is 51.0 Å². The van der Waals surface area contributed by atoms with Crippen LogP contribution in [0, 0.1) is 0 Å². The molecule has 0 radical (unpaired) electrons. The predicted octanol–water partition coefficient (Wildman–Crippen LogP) is 3.47. The summed E-state index contributed by atoms with van der Waals surface area (Å²) in [6.07, 6.45) is 6.22. The van der Waals surface area contributed by atoms with Crippen LogP contribution in [0.1, 0.15) is 42.7 Å². The molecule has 0 saturated carbocycles. The molecule has 0 aliphatic carbocycles. The normalized spacial score (nSPS) is 20.5. The molecule has 186 valence electrons. The lowest BCUT2D eigenvalue weighted by Crippen LogP contribution is -2.31. The minimum Gasteiger partial charge on any atom is -0.359 e. The zero-order valence-corrected chi connectivity index (χ0v) is 21.3. The van der Waals surface area contributed by atoms with Gasteiger partial charge in [0, 0.05) is 51.4 Å². The highest BCUT2D eigenvalue weighted by Crippen LogP contribution is 2.36. The first kappa shape index (κ1) is 25.1. The molecule has 0 spiro atoms. The van der Waals surface area contributed by atoms with E-state index in [1.165, 1.54) is 6.33 Å². The molecule has 1 N–H and O–H groups in total. The van der Waals surface area contributed by atoms with E-state index < -0.39 is 5.92 Å². The van der Waals surface area contributed by atoms with Crippen LogP contribution in [0.3, 0.4) is 0 Å². The molecular weight excluding hydrogens is 466 g/mol. The Balaban J connectivity index is 1.65. The Kier molecular flexibility index (Phi) is 7.97. The van der Waals surface area contributed by atoms with E-state index in [9.17, 15) is 9.59 Å². The topological polar surface area (TPSA) is 94.0 Å². The van der Waals surface area contributed by atoms with Crippen molar-refractivity contribution in [3.63, 3.8) is 0 Å². The second kappa shape index (κ2) is 11.1. The summed E-state index contributed by atoms with van der Waals surface area (Å²) in [5.74, 6) is 0.581. The molecule has 1 unspecified atom stereocenters. The van der Waals surface area contributed by atoms with Gasteiger partial charge in [-0.3, -0.25) is 14.6 Å². The molecule has 2 aliphatic rings. The monoisotopic (exact) mass is 497 g/mol. The van der Waals surface area contributed by atoms with Crippen LogP contribution in [0.15, 0.2) is 29.5 Å². The number of rotatable bonds is 0. The highest BCUT2D eigenvalue weighted by molar-refractivity contribution is 6.31. The van der Waals surface area contributed by atoms with Crippen molar-refractivity contribution in [3.8, 4) is 0 Å². The van der Waals surface area contributed by atoms with Crippen molar-refractivity contribution in [2.24, 2.45) is 4.99 Å². The second-order valence-electron chi connectivity index (χ2n) is 9.27. The number of anilines is 2. The molecule has 35 heavy (non-hydrogen) atoms. The first-order chi connectivity index (χ1) is 16.8. The fourth-order valence-corrected chi connectivity index (χ4v) is 4.64. The van der Waals surface area contributed by atoms with E-state index in [4.69, 9.17) is 11.6 Å². The molecule has 1 aromatic carbocycles. The molecule has 0 fully saturated rings. The number of nitrogens with zero attached hydrogens (tertiary/aromatic N) is 6. The molecule has 1 aromatic heterocycles. The Morgan fingerprint density at radius 1 is 1.00 bits per heavy atom. The minimum atomic E-state index is -0.597. The Bertz CT molecular complexity index is 1120. The van der Waals surface area contributed by atoms with Crippen molar-refractivity contribution in [3.05, 3.63) is 40.7 Å². The second-order valence-corrected chi connectivity index (χ2v) is 9.67. The van der Waals surface area contributed by atoms with E-state index in [1.807, 2.05) is 44.2 Å². The van der Waals surface area contributed by atoms with Crippen LogP contribution in [-0.2, 0) is 16.1 Å². The molecule has 2 aliphatic heterocycles. The molecule has 2 amide bonds. The number of amides is 2. The summed E-state index contributed by atoms with van der Waals surface area (Å²) in [4.78, 5) is 44.7. The van der Waals surface area contributed by atoms with Crippen LogP contribution in [0.4, 0.5) is 17.3 Å². The van der Waals surface area contributed by atoms with Gasteiger partial charge in [0.1, 0.15) is 23.9 Å². The Labute approximate surface area is 211 Å². The summed E-state index contributed by atoms with van der Waals surface area (Å²) >= 11 is 6.46. The van der Waals surface area contributed by atoms with Gasteiger partial charge in [0.05, 0.1) is 11.3 Å². The third-order valence-electron chi connectivity index (χ3n) is 6.50. The van der Waals surface area contributed by atoms with Crippen LogP contribution >= 0.6 is 11.6 Å². The zero-order chi connectivity index (χ0) is 24.9. The maximum atomic E-state index is 12.8. The van der Waals surface area contributed by atoms with Gasteiger partial charge in [0.25, 0.3) is 0 Å². The molecule has 2 bridgehead atoms. The van der Waals surface area contributed by atoms with E-state index in [1.54, 1.807) is 11.1 Å². The van der Waals surface area contributed by atoms with Crippen molar-refractivity contribution in [1.82, 2.24) is 19.8 Å². The van der Waals surface area contributed by atoms with E-state index in [2.05, 4.69) is 25.2 Å². The third kappa shape index (κ3) is 5.97. The molecule has 1 atom stereocenters. The first-order valence-electron chi connectivity index (χ1n) is 12.0. The van der Waals surface area contributed by atoms with Crippen LogP contribution in [0.5, 0.6) is 0 Å². The maximum absolute atomic E-state index is 12.8. The molecule has 3 heterocycles. The lowest BCUT2D eigenvalue weighted by molar-refractivity contribution is -0.130. The summed E-state index contributed by atoms with van der Waals surface area (Å²) in [5.41, 5.74) is 2.42. The predicted molar refractivity (Wildman–Crippen MR) is 139 cm³/mol. The highest BCUT2D eigenvalue weighted by atomic mass is 35.5. The number of carbonyl (C=O) groups excluding carboxylic acids is 2. The Morgan fingerprint density at radius 3 is 2.63 bits per heavy atom. The standard InChI is InChI=1S/C25H32ClN7O2/c1-31-10-5-4-7-21(34)32(2)11-6-12-33(3)24-22-19(25(35)30-23(22)28-16-29-24)14-27-18-8-9-20(26)17(13-18)15-31/h8-9,13-14,16,19H,4-7,10-12,15H2,1-3H3,(H,28,29,30,35). The molecule has 4 rings (SSSR count). The van der Waals surface area contributed by atoms with Crippen LogP contribution < -0.4 is 10.2 Å². The van der Waals surface area contributed by atoms with Crippen molar-refractivity contribution >= 4 is 47.0 Å². The number of fused-ring (bicyclic) bond motifs is 2. The Hall–Kier alpha value is -3.04. The molecular formula is C25H32ClN7O2. The number of halogens is 1. The average Bonchev–Trinajstić information content (AvgIpc) is 3.16. The van der Waals surface area contributed by atoms with Crippen LogP contribution in [0.25, 0.3) is 0 Å². The highest BCUT2D eigenvalue weighted by Gasteiger charge is 2.34. The van der Waals surface area contributed by atoms with E-state index in [0.29, 0.717) is 42.7 Å². The van der Waals surface area contributed by atoms with Gasteiger partial charge < -0.3 is 20.0 Å². The van der Waals surface area contributed by atoms with Crippen LogP contribution in [0.2, 0.25) is 5.02 Å². The lowest BCUT2D eigenvalue weighted by Gasteiger charge is -2.23. The average molecular weight is 498 g/mol. The summed E-state index contributed by atoms with van der Waals surface area (Å²) in [6.45, 7) is 2.88. The van der Waals surface area contributed by atoms with Gasteiger partial charge in [0.2, 0.25) is 11.8 Å². The fraction of sp³-hybridized carbons (Fsp3) is 0.480. The number of nitrogens with one attached hydrogen (secondary N) is 1. The quantitative estimate of drug-likeness (QED) is 0.599. The van der Waals surface area contributed by atoms with E-state index in [0.717, 1.165) is 42.6 Å². The van der Waals surface area contributed by atoms with Crippen molar-refractivity contribution < 1.29 is 9.59 Å². The van der Waals surface area contributed by atoms with Gasteiger partial charge in [-0.05, 0) is 56.6 Å². The maximum Gasteiger partial charge on any atom is 0.238 e. The number of hydrogen-bond acceptors (Lipinski definition) is 7. The summed E-state index contributed by atoms with van der Waals surface area (Å²) in [6, 6.07) is 5.63. The molecule has 0 saturated heterocycles. The van der Waals surface area contributed by atoms with E-state index in [-0.39, 0.29) is 11.8 Å². The van der Waals surface area contributed by atoms with Crippen molar-refractivity contribution in [2.45, 2.75) is 38.1 Å². The number of aromatic nitrogens is 2. The Morgan fingerprint density at radius 2 is 1.80 bits per heavy atom. The number of benzene rings is 1. The van der Waals surface area contributed by atoms with Gasteiger partial charge >= 0.3 is 0 Å². The summed E-state index contributed by atoms with van der Waals surface area (Å²) in [5, 5.41) is 3.53. The number of carbonyl (C=O) groups is 2. The molecule has 9 nitrogen and oxygen atoms in total. The van der Waals surface area contributed by atoms with Crippen LogP contribution in [-0.4, -0.2) is 78.6 Å². The van der Waals surface area contributed by atoms with Gasteiger partial charge in [-0.15, -0.1) is 0 Å². The van der Waals surface area contributed by atoms with E-state index >= 15 is 0 Å². The van der Waals surface area contributed by atoms with Gasteiger partial charge in [-0.25, -0.2) is 9.97 Å². The minimum absolute atomic E-state index is 0.162. The molecule has 2 aromatic rings. The lowest BCUT2D eigenvalue weighted by atomic mass is 10.0. The summed E-state index contributed by atoms with van der Waals surface area (Å²) in [7, 11) is 5.84. The summed E-state index contributed by atoms with van der Waals surface area (Å²) < 4.78 is 0. The van der Waals surface area contributed by atoms with Gasteiger partial charge in [-0.1, -0.05) is 11.6 Å². The third-order valence-corrected chi connectivity index (χ3v) is 6.86. The smallest absolute Gasteiger partial charge is 0.238 e. The SMILES string of the molecule is CN1CCCCC(=O)N(C)CCCN(C)c2ncnc3c2C(C=Nc2ccc(Cl)c(c2)C1)C(=O)N3. The zero-order valence-electron chi connectivity index (χ0n) is 20.5. The van der Waals surface area contributed by atoms with Crippen molar-refractivity contribution in [1.29, 1.82) is 0 Å². The number of aliphatic imine (C=N–C) groups is 1. The largest absolute Gasteiger partial charge is 0.359 e. The van der Waals surface area contributed by atoms with Gasteiger partial charge in [0.15, 0.2) is 0 Å². The fourth-order valence-electron chi connectivity index (χ4n) is 4.46. The number of hydrogen-bond donors (Lipinski definition) is 1. The first-order valence-corrected chi connectivity index (χ1v) is 12.3. The molecule has 10 heteroatoms.